The lowest BCUT2D eigenvalue weighted by molar-refractivity contribution is -0.167. The molecule has 114 valence electrons. The smallest absolute Gasteiger partial charge is 0.461 e. The minimum absolute atomic E-state index is 0.0150. The van der Waals surface area contributed by atoms with Crippen LogP contribution in [0.15, 0.2) is 0 Å². The molecule has 0 bridgehead atoms. The molecule has 2 unspecified atom stereocenters. The van der Waals surface area contributed by atoms with Gasteiger partial charge in [0, 0.05) is 0 Å². The molecule has 1 heterocycles. The van der Waals surface area contributed by atoms with E-state index in [-0.39, 0.29) is 18.0 Å². The first-order chi connectivity index (χ1) is 9.22. The van der Waals surface area contributed by atoms with Gasteiger partial charge in [-0.25, -0.2) is 9.59 Å². The number of esters is 2. The van der Waals surface area contributed by atoms with Crippen LogP contribution in [0.3, 0.4) is 0 Å². The van der Waals surface area contributed by atoms with E-state index in [1.54, 1.807) is 27.7 Å². The Morgan fingerprint density at radius 2 is 1.20 bits per heavy atom. The summed E-state index contributed by atoms with van der Waals surface area (Å²) >= 11 is 0. The Morgan fingerprint density at radius 3 is 1.45 bits per heavy atom. The fourth-order valence-corrected chi connectivity index (χ4v) is 1.74. The zero-order chi connectivity index (χ0) is 15.4. The molecule has 0 amide bonds. The predicted octanol–water partition coefficient (Wildman–Crippen LogP) is 1.57. The summed E-state index contributed by atoms with van der Waals surface area (Å²) in [6, 6.07) is 0. The van der Waals surface area contributed by atoms with Crippen molar-refractivity contribution >= 4 is 19.1 Å². The number of carbonyl (C=O) groups is 2. The standard InChI is InChI=1S/C13H23BO6/c1-7(2)14-19-10(12(15)17-8(3)4)11(20-14)13(16)18-9(5)6/h7-11H,1-6H3. The summed E-state index contributed by atoms with van der Waals surface area (Å²) < 4.78 is 21.2. The van der Waals surface area contributed by atoms with Crippen molar-refractivity contribution in [3.63, 3.8) is 0 Å². The lowest BCUT2D eigenvalue weighted by Crippen LogP contribution is -2.40. The molecule has 7 heteroatoms. The number of hydrogen-bond acceptors (Lipinski definition) is 6. The van der Waals surface area contributed by atoms with Crippen molar-refractivity contribution in [1.29, 1.82) is 0 Å². The van der Waals surface area contributed by atoms with Crippen molar-refractivity contribution in [2.75, 3.05) is 0 Å². The Hall–Kier alpha value is -1.08. The van der Waals surface area contributed by atoms with Gasteiger partial charge in [-0.15, -0.1) is 0 Å². The second kappa shape index (κ2) is 7.08. The summed E-state index contributed by atoms with van der Waals surface area (Å²) in [5, 5.41) is 0. The van der Waals surface area contributed by atoms with Crippen LogP contribution in [0.1, 0.15) is 41.5 Å². The maximum absolute atomic E-state index is 12.0. The highest BCUT2D eigenvalue weighted by Crippen LogP contribution is 2.26. The first-order valence-electron chi connectivity index (χ1n) is 6.94. The van der Waals surface area contributed by atoms with Gasteiger partial charge in [0.1, 0.15) is 0 Å². The number of hydrogen-bond donors (Lipinski definition) is 0. The summed E-state index contributed by atoms with van der Waals surface area (Å²) in [6.45, 7) is 10.7. The first-order valence-corrected chi connectivity index (χ1v) is 6.94. The predicted molar refractivity (Wildman–Crippen MR) is 73.1 cm³/mol. The molecule has 0 spiro atoms. The largest absolute Gasteiger partial charge is 0.461 e. The van der Waals surface area contributed by atoms with Crippen molar-refractivity contribution in [3.05, 3.63) is 0 Å². The molecule has 0 saturated carbocycles. The molecule has 0 aromatic heterocycles. The number of ether oxygens (including phenoxy) is 2. The topological polar surface area (TPSA) is 71.1 Å². The average molecular weight is 286 g/mol. The van der Waals surface area contributed by atoms with Crippen molar-refractivity contribution in [2.45, 2.75) is 71.8 Å². The summed E-state index contributed by atoms with van der Waals surface area (Å²) in [5.41, 5.74) is 0. The number of rotatable bonds is 5. The minimum atomic E-state index is -1.07. The van der Waals surface area contributed by atoms with E-state index >= 15 is 0 Å². The van der Waals surface area contributed by atoms with Crippen LogP contribution in [0.25, 0.3) is 0 Å². The quantitative estimate of drug-likeness (QED) is 0.564. The van der Waals surface area contributed by atoms with Gasteiger partial charge in [0.25, 0.3) is 0 Å². The van der Waals surface area contributed by atoms with Crippen LogP contribution in [0.5, 0.6) is 0 Å². The molecule has 6 nitrogen and oxygen atoms in total. The Morgan fingerprint density at radius 1 is 0.850 bits per heavy atom. The Kier molecular flexibility index (Phi) is 6.01. The highest BCUT2D eigenvalue weighted by atomic mass is 16.7. The molecule has 0 aromatic carbocycles. The van der Waals surface area contributed by atoms with Crippen LogP contribution >= 0.6 is 0 Å². The van der Waals surface area contributed by atoms with Crippen molar-refractivity contribution in [1.82, 2.24) is 0 Å². The van der Waals surface area contributed by atoms with Crippen LogP contribution < -0.4 is 0 Å². The first kappa shape index (κ1) is 17.0. The molecule has 20 heavy (non-hydrogen) atoms. The van der Waals surface area contributed by atoms with E-state index in [1.165, 1.54) is 0 Å². The van der Waals surface area contributed by atoms with Crippen molar-refractivity contribution in [3.8, 4) is 0 Å². The van der Waals surface area contributed by atoms with E-state index < -0.39 is 31.3 Å². The third-order valence-electron chi connectivity index (χ3n) is 2.55. The molecule has 1 fully saturated rings. The Balaban J connectivity index is 2.81. The van der Waals surface area contributed by atoms with E-state index in [0.29, 0.717) is 0 Å². The van der Waals surface area contributed by atoms with Gasteiger partial charge in [0.2, 0.25) is 0 Å². The van der Waals surface area contributed by atoms with Crippen LogP contribution in [0.2, 0.25) is 5.82 Å². The van der Waals surface area contributed by atoms with E-state index in [9.17, 15) is 9.59 Å². The van der Waals surface area contributed by atoms with Crippen LogP contribution in [0, 0.1) is 0 Å². The molecule has 1 aliphatic rings. The monoisotopic (exact) mass is 286 g/mol. The van der Waals surface area contributed by atoms with Gasteiger partial charge in [-0.05, 0) is 33.5 Å². The Bertz CT molecular complexity index is 325. The summed E-state index contributed by atoms with van der Waals surface area (Å²) in [6.07, 6.45) is -2.72. The molecular formula is C13H23BO6. The lowest BCUT2D eigenvalue weighted by atomic mass is 9.75. The average Bonchev–Trinajstić information content (AvgIpc) is 2.71. The van der Waals surface area contributed by atoms with Gasteiger partial charge in [-0.1, -0.05) is 13.8 Å². The minimum Gasteiger partial charge on any atom is -0.461 e. The van der Waals surface area contributed by atoms with E-state index in [1.807, 2.05) is 13.8 Å². The van der Waals surface area contributed by atoms with Crippen LogP contribution in [-0.2, 0) is 28.4 Å². The molecule has 0 aromatic rings. The van der Waals surface area contributed by atoms with Crippen molar-refractivity contribution in [2.24, 2.45) is 0 Å². The van der Waals surface area contributed by atoms with Gasteiger partial charge >= 0.3 is 19.1 Å². The third kappa shape index (κ3) is 4.49. The molecule has 2 atom stereocenters. The molecular weight excluding hydrogens is 263 g/mol. The highest BCUT2D eigenvalue weighted by molar-refractivity contribution is 6.47. The maximum Gasteiger partial charge on any atom is 0.461 e. The van der Waals surface area contributed by atoms with E-state index in [4.69, 9.17) is 18.8 Å². The third-order valence-corrected chi connectivity index (χ3v) is 2.55. The summed E-state index contributed by atoms with van der Waals surface area (Å²) in [5.74, 6) is -1.19. The van der Waals surface area contributed by atoms with E-state index in [0.717, 1.165) is 0 Å². The second-order valence-corrected chi connectivity index (χ2v) is 5.70. The summed E-state index contributed by atoms with van der Waals surface area (Å²) in [7, 11) is -0.621. The van der Waals surface area contributed by atoms with Gasteiger partial charge in [0.05, 0.1) is 12.2 Å². The van der Waals surface area contributed by atoms with Crippen LogP contribution in [-0.4, -0.2) is 43.5 Å². The molecule has 1 rings (SSSR count). The number of carbonyl (C=O) groups excluding carboxylic acids is 2. The van der Waals surface area contributed by atoms with Gasteiger partial charge < -0.3 is 18.8 Å². The van der Waals surface area contributed by atoms with Gasteiger partial charge in [-0.3, -0.25) is 0 Å². The van der Waals surface area contributed by atoms with E-state index in [2.05, 4.69) is 0 Å². The fourth-order valence-electron chi connectivity index (χ4n) is 1.74. The molecule has 0 aliphatic carbocycles. The molecule has 0 N–H and O–H groups in total. The van der Waals surface area contributed by atoms with Crippen LogP contribution in [0.4, 0.5) is 0 Å². The zero-order valence-corrected chi connectivity index (χ0v) is 12.9. The van der Waals surface area contributed by atoms with Gasteiger partial charge in [-0.2, -0.15) is 0 Å². The molecule has 1 aliphatic heterocycles. The van der Waals surface area contributed by atoms with Crippen molar-refractivity contribution < 1.29 is 28.4 Å². The maximum atomic E-state index is 12.0. The Labute approximate surface area is 120 Å². The van der Waals surface area contributed by atoms with Gasteiger partial charge in [0.15, 0.2) is 12.2 Å². The highest BCUT2D eigenvalue weighted by Gasteiger charge is 2.50. The second-order valence-electron chi connectivity index (χ2n) is 5.70. The molecule has 0 radical (unpaired) electrons. The lowest BCUT2D eigenvalue weighted by Gasteiger charge is -2.18. The summed E-state index contributed by atoms with van der Waals surface area (Å²) in [4.78, 5) is 24.0. The normalized spacial score (nSPS) is 22.8. The SMILES string of the molecule is CC(C)OC(=O)C1OB(C(C)C)OC1C(=O)OC(C)C. The zero-order valence-electron chi connectivity index (χ0n) is 12.9. The fraction of sp³-hybridized carbons (Fsp3) is 0.846. The molecule has 1 saturated heterocycles.